The highest BCUT2D eigenvalue weighted by Gasteiger charge is 2.15. The summed E-state index contributed by atoms with van der Waals surface area (Å²) in [7, 11) is 1.65. The van der Waals surface area contributed by atoms with Crippen LogP contribution in [0.1, 0.15) is 39.2 Å². The number of rotatable bonds is 5. The highest BCUT2D eigenvalue weighted by atomic mass is 16.6. The first-order valence-electron chi connectivity index (χ1n) is 6.25. The van der Waals surface area contributed by atoms with Crippen molar-refractivity contribution < 1.29 is 14.3 Å². The minimum Gasteiger partial charge on any atom is -0.497 e. The Bertz CT molecular complexity index is 391. The summed E-state index contributed by atoms with van der Waals surface area (Å²) >= 11 is 0. The van der Waals surface area contributed by atoms with Gasteiger partial charge in [0, 0.05) is 6.42 Å². The Labute approximate surface area is 109 Å². The molecule has 0 fully saturated rings. The van der Waals surface area contributed by atoms with Gasteiger partial charge in [0.25, 0.3) is 0 Å². The van der Waals surface area contributed by atoms with Gasteiger partial charge in [-0.2, -0.15) is 0 Å². The van der Waals surface area contributed by atoms with Crippen LogP contribution in [0.3, 0.4) is 0 Å². The maximum absolute atomic E-state index is 11.5. The summed E-state index contributed by atoms with van der Waals surface area (Å²) in [5.74, 6) is 0.718. The Morgan fingerprint density at radius 1 is 1.28 bits per heavy atom. The number of carbonyl (C=O) groups excluding carboxylic acids is 1. The second-order valence-electron chi connectivity index (χ2n) is 5.29. The van der Waals surface area contributed by atoms with Crippen molar-refractivity contribution in [2.24, 2.45) is 0 Å². The molecule has 0 radical (unpaired) electrons. The van der Waals surface area contributed by atoms with Gasteiger partial charge in [0.15, 0.2) is 0 Å². The highest BCUT2D eigenvalue weighted by molar-refractivity contribution is 5.69. The summed E-state index contributed by atoms with van der Waals surface area (Å²) < 4.78 is 10.4. The lowest BCUT2D eigenvalue weighted by molar-refractivity contribution is -0.154. The smallest absolute Gasteiger partial charge is 0.306 e. The van der Waals surface area contributed by atoms with Crippen LogP contribution in [0.5, 0.6) is 5.75 Å². The number of carbonyl (C=O) groups is 1. The molecule has 0 aliphatic carbocycles. The molecule has 18 heavy (non-hydrogen) atoms. The van der Waals surface area contributed by atoms with E-state index in [1.807, 2.05) is 45.0 Å². The van der Waals surface area contributed by atoms with E-state index in [-0.39, 0.29) is 5.97 Å². The van der Waals surface area contributed by atoms with Gasteiger partial charge in [-0.05, 0) is 51.3 Å². The van der Waals surface area contributed by atoms with Gasteiger partial charge in [0.1, 0.15) is 11.4 Å². The molecular weight excluding hydrogens is 228 g/mol. The molecule has 0 spiro atoms. The van der Waals surface area contributed by atoms with Gasteiger partial charge in [-0.1, -0.05) is 12.1 Å². The number of ether oxygens (including phenoxy) is 2. The van der Waals surface area contributed by atoms with Crippen molar-refractivity contribution >= 4 is 5.97 Å². The van der Waals surface area contributed by atoms with Crippen LogP contribution in [0, 0.1) is 0 Å². The lowest BCUT2D eigenvalue weighted by atomic mass is 10.1. The first kappa shape index (κ1) is 14.6. The standard InChI is InChI=1S/C15H22O3/c1-15(2,3)18-14(16)10-6-8-12-7-5-9-13(11-12)17-4/h5,7,9,11H,6,8,10H2,1-4H3. The number of hydrogen-bond acceptors (Lipinski definition) is 3. The van der Waals surface area contributed by atoms with Crippen molar-refractivity contribution in [1.29, 1.82) is 0 Å². The third kappa shape index (κ3) is 5.71. The number of hydrogen-bond donors (Lipinski definition) is 0. The molecule has 0 N–H and O–H groups in total. The Hall–Kier alpha value is -1.51. The topological polar surface area (TPSA) is 35.5 Å². The van der Waals surface area contributed by atoms with Gasteiger partial charge in [0.2, 0.25) is 0 Å². The molecule has 100 valence electrons. The van der Waals surface area contributed by atoms with Gasteiger partial charge >= 0.3 is 5.97 Å². The second kappa shape index (κ2) is 6.43. The van der Waals surface area contributed by atoms with Crippen LogP contribution >= 0.6 is 0 Å². The molecule has 0 saturated carbocycles. The van der Waals surface area contributed by atoms with Crippen LogP contribution in [-0.4, -0.2) is 18.7 Å². The molecule has 0 bridgehead atoms. The molecule has 0 aromatic heterocycles. The van der Waals surface area contributed by atoms with E-state index >= 15 is 0 Å². The summed E-state index contributed by atoms with van der Waals surface area (Å²) in [5.41, 5.74) is 0.783. The average molecular weight is 250 g/mol. The van der Waals surface area contributed by atoms with Crippen molar-refractivity contribution in [3.05, 3.63) is 29.8 Å². The van der Waals surface area contributed by atoms with Gasteiger partial charge in [0.05, 0.1) is 7.11 Å². The molecule has 0 aliphatic rings. The molecule has 0 unspecified atom stereocenters. The number of methoxy groups -OCH3 is 1. The molecule has 3 heteroatoms. The number of esters is 1. The third-order valence-corrected chi connectivity index (χ3v) is 2.40. The molecule has 0 aliphatic heterocycles. The van der Waals surface area contributed by atoms with Gasteiger partial charge < -0.3 is 9.47 Å². The van der Waals surface area contributed by atoms with Crippen LogP contribution in [-0.2, 0) is 16.0 Å². The zero-order chi connectivity index (χ0) is 13.6. The van der Waals surface area contributed by atoms with E-state index in [1.54, 1.807) is 7.11 Å². The molecule has 1 rings (SSSR count). The molecular formula is C15H22O3. The Balaban J connectivity index is 2.35. The van der Waals surface area contributed by atoms with E-state index in [2.05, 4.69) is 0 Å². The fourth-order valence-corrected chi connectivity index (χ4v) is 1.66. The molecule has 0 amide bonds. The van der Waals surface area contributed by atoms with Crippen LogP contribution in [0.2, 0.25) is 0 Å². The van der Waals surface area contributed by atoms with Crippen molar-refractivity contribution in [1.82, 2.24) is 0 Å². The van der Waals surface area contributed by atoms with E-state index < -0.39 is 5.60 Å². The monoisotopic (exact) mass is 250 g/mol. The third-order valence-electron chi connectivity index (χ3n) is 2.40. The predicted molar refractivity (Wildman–Crippen MR) is 71.8 cm³/mol. The molecule has 0 heterocycles. The van der Waals surface area contributed by atoms with Crippen LogP contribution < -0.4 is 4.74 Å². The Kier molecular flexibility index (Phi) is 5.20. The Morgan fingerprint density at radius 3 is 2.61 bits per heavy atom. The second-order valence-corrected chi connectivity index (χ2v) is 5.29. The lowest BCUT2D eigenvalue weighted by Gasteiger charge is -2.19. The van der Waals surface area contributed by atoms with Gasteiger partial charge in [-0.3, -0.25) is 4.79 Å². The van der Waals surface area contributed by atoms with Crippen molar-refractivity contribution in [3.8, 4) is 5.75 Å². The maximum Gasteiger partial charge on any atom is 0.306 e. The zero-order valence-electron chi connectivity index (χ0n) is 11.7. The fourth-order valence-electron chi connectivity index (χ4n) is 1.66. The quantitative estimate of drug-likeness (QED) is 0.752. The first-order valence-corrected chi connectivity index (χ1v) is 6.25. The van der Waals surface area contributed by atoms with Crippen molar-refractivity contribution in [2.75, 3.05) is 7.11 Å². The van der Waals surface area contributed by atoms with Crippen molar-refractivity contribution in [2.45, 2.75) is 45.6 Å². The highest BCUT2D eigenvalue weighted by Crippen LogP contribution is 2.15. The van der Waals surface area contributed by atoms with E-state index in [9.17, 15) is 4.79 Å². The van der Waals surface area contributed by atoms with Crippen LogP contribution in [0.25, 0.3) is 0 Å². The minimum absolute atomic E-state index is 0.134. The van der Waals surface area contributed by atoms with E-state index in [0.29, 0.717) is 6.42 Å². The zero-order valence-corrected chi connectivity index (χ0v) is 11.7. The minimum atomic E-state index is -0.396. The van der Waals surface area contributed by atoms with Crippen LogP contribution in [0.15, 0.2) is 24.3 Å². The number of benzene rings is 1. The Morgan fingerprint density at radius 2 is 2.00 bits per heavy atom. The van der Waals surface area contributed by atoms with E-state index in [0.717, 1.165) is 18.6 Å². The average Bonchev–Trinajstić information content (AvgIpc) is 2.27. The van der Waals surface area contributed by atoms with Crippen molar-refractivity contribution in [3.63, 3.8) is 0 Å². The van der Waals surface area contributed by atoms with Gasteiger partial charge in [-0.15, -0.1) is 0 Å². The van der Waals surface area contributed by atoms with Crippen LogP contribution in [0.4, 0.5) is 0 Å². The maximum atomic E-state index is 11.5. The summed E-state index contributed by atoms with van der Waals surface area (Å²) in [4.78, 5) is 11.5. The molecule has 1 aromatic carbocycles. The summed E-state index contributed by atoms with van der Waals surface area (Å²) in [6.07, 6.45) is 2.10. The lowest BCUT2D eigenvalue weighted by Crippen LogP contribution is -2.23. The molecule has 1 aromatic rings. The first-order chi connectivity index (χ1) is 8.40. The molecule has 0 saturated heterocycles. The van der Waals surface area contributed by atoms with E-state index in [4.69, 9.17) is 9.47 Å². The van der Waals surface area contributed by atoms with E-state index in [1.165, 1.54) is 5.56 Å². The fraction of sp³-hybridized carbons (Fsp3) is 0.533. The number of aryl methyl sites for hydroxylation is 1. The molecule has 3 nitrogen and oxygen atoms in total. The summed E-state index contributed by atoms with van der Waals surface area (Å²) in [6, 6.07) is 7.91. The SMILES string of the molecule is COc1cccc(CCCC(=O)OC(C)(C)C)c1. The largest absolute Gasteiger partial charge is 0.497 e. The normalized spacial score (nSPS) is 11.1. The molecule has 0 atom stereocenters. The summed E-state index contributed by atoms with van der Waals surface area (Å²) in [6.45, 7) is 5.65. The summed E-state index contributed by atoms with van der Waals surface area (Å²) in [5, 5.41) is 0. The van der Waals surface area contributed by atoms with Gasteiger partial charge in [-0.25, -0.2) is 0 Å². The predicted octanol–water partition coefficient (Wildman–Crippen LogP) is 3.36.